The SMILES string of the molecule is CCCN(CC)C(=O)N1C=COC1c1cccc(C(=O)O)c1. The predicted octanol–water partition coefficient (Wildman–Crippen LogP) is 3.04. The molecule has 0 radical (unpaired) electrons. The zero-order valence-electron chi connectivity index (χ0n) is 12.7. The van der Waals surface area contributed by atoms with E-state index in [1.54, 1.807) is 23.2 Å². The van der Waals surface area contributed by atoms with E-state index in [0.717, 1.165) is 6.42 Å². The summed E-state index contributed by atoms with van der Waals surface area (Å²) in [6.07, 6.45) is 3.28. The van der Waals surface area contributed by atoms with Crippen LogP contribution in [0.1, 0.15) is 42.4 Å². The molecule has 22 heavy (non-hydrogen) atoms. The Balaban J connectivity index is 2.23. The minimum Gasteiger partial charge on any atom is -0.478 e. The van der Waals surface area contributed by atoms with Gasteiger partial charge in [-0.2, -0.15) is 0 Å². The molecule has 1 atom stereocenters. The highest BCUT2D eigenvalue weighted by Gasteiger charge is 2.31. The van der Waals surface area contributed by atoms with Crippen LogP contribution in [0.25, 0.3) is 0 Å². The van der Waals surface area contributed by atoms with Crippen LogP contribution in [0, 0.1) is 0 Å². The Morgan fingerprint density at radius 2 is 2.14 bits per heavy atom. The van der Waals surface area contributed by atoms with Crippen molar-refractivity contribution in [2.24, 2.45) is 0 Å². The summed E-state index contributed by atoms with van der Waals surface area (Å²) in [6.45, 7) is 5.22. The van der Waals surface area contributed by atoms with Gasteiger partial charge in [0.2, 0.25) is 6.23 Å². The van der Waals surface area contributed by atoms with Crippen LogP contribution >= 0.6 is 0 Å². The maximum absolute atomic E-state index is 12.6. The number of nitrogens with zero attached hydrogens (tertiary/aromatic N) is 2. The molecule has 1 aromatic carbocycles. The monoisotopic (exact) mass is 304 g/mol. The van der Waals surface area contributed by atoms with Gasteiger partial charge in [0.1, 0.15) is 6.26 Å². The van der Waals surface area contributed by atoms with Gasteiger partial charge in [0.05, 0.1) is 5.56 Å². The second kappa shape index (κ2) is 6.98. The molecule has 118 valence electrons. The van der Waals surface area contributed by atoms with Crippen LogP contribution in [0.2, 0.25) is 0 Å². The smallest absolute Gasteiger partial charge is 0.335 e. The fourth-order valence-electron chi connectivity index (χ4n) is 2.37. The van der Waals surface area contributed by atoms with Crippen molar-refractivity contribution in [3.63, 3.8) is 0 Å². The molecule has 2 rings (SSSR count). The lowest BCUT2D eigenvalue weighted by Crippen LogP contribution is -2.41. The number of carboxylic acid groups (broad SMARTS) is 1. The Hall–Kier alpha value is -2.50. The molecular weight excluding hydrogens is 284 g/mol. The number of carbonyl (C=O) groups is 2. The molecule has 0 aromatic heterocycles. The molecule has 6 heteroatoms. The molecule has 1 unspecified atom stereocenters. The summed E-state index contributed by atoms with van der Waals surface area (Å²) in [5.74, 6) is -1.01. The summed E-state index contributed by atoms with van der Waals surface area (Å²) >= 11 is 0. The molecule has 1 N–H and O–H groups in total. The first-order valence-electron chi connectivity index (χ1n) is 7.31. The Morgan fingerprint density at radius 1 is 1.36 bits per heavy atom. The zero-order chi connectivity index (χ0) is 16.1. The zero-order valence-corrected chi connectivity index (χ0v) is 12.7. The van der Waals surface area contributed by atoms with Crippen LogP contribution < -0.4 is 0 Å². The molecule has 6 nitrogen and oxygen atoms in total. The first-order chi connectivity index (χ1) is 10.6. The van der Waals surface area contributed by atoms with E-state index in [1.807, 2.05) is 13.8 Å². The van der Waals surface area contributed by atoms with Gasteiger partial charge in [-0.1, -0.05) is 19.1 Å². The normalized spacial score (nSPS) is 16.5. The Kier molecular flexibility index (Phi) is 5.04. The van der Waals surface area contributed by atoms with E-state index in [2.05, 4.69) is 0 Å². The largest absolute Gasteiger partial charge is 0.478 e. The molecule has 2 amide bonds. The van der Waals surface area contributed by atoms with Gasteiger partial charge in [0.25, 0.3) is 0 Å². The molecule has 1 aromatic rings. The topological polar surface area (TPSA) is 70.1 Å². The van der Waals surface area contributed by atoms with Crippen molar-refractivity contribution < 1.29 is 19.4 Å². The first kappa shape index (κ1) is 15.9. The van der Waals surface area contributed by atoms with Gasteiger partial charge in [-0.3, -0.25) is 4.90 Å². The average Bonchev–Trinajstić information content (AvgIpc) is 3.01. The standard InChI is InChI=1S/C16H20N2O4/c1-3-8-17(4-2)16(21)18-9-10-22-14(18)12-6-5-7-13(11-12)15(19)20/h5-7,9-11,14H,3-4,8H2,1-2H3,(H,19,20). The molecular formula is C16H20N2O4. The number of amides is 2. The van der Waals surface area contributed by atoms with Gasteiger partial charge in [-0.25, -0.2) is 9.59 Å². The van der Waals surface area contributed by atoms with Gasteiger partial charge in [0.15, 0.2) is 0 Å². The number of carboxylic acids is 1. The highest BCUT2D eigenvalue weighted by molar-refractivity contribution is 5.87. The molecule has 1 aliphatic rings. The lowest BCUT2D eigenvalue weighted by atomic mass is 10.1. The number of urea groups is 1. The maximum Gasteiger partial charge on any atom is 0.335 e. The lowest BCUT2D eigenvalue weighted by Gasteiger charge is -2.29. The predicted molar refractivity (Wildman–Crippen MR) is 81.1 cm³/mol. The van der Waals surface area contributed by atoms with Crippen molar-refractivity contribution in [3.8, 4) is 0 Å². The van der Waals surface area contributed by atoms with E-state index in [0.29, 0.717) is 18.7 Å². The Labute approximate surface area is 129 Å². The van der Waals surface area contributed by atoms with Crippen molar-refractivity contribution in [1.82, 2.24) is 9.80 Å². The number of ether oxygens (including phenoxy) is 1. The number of hydrogen-bond acceptors (Lipinski definition) is 3. The number of benzene rings is 1. The Bertz CT molecular complexity index is 585. The summed E-state index contributed by atoms with van der Waals surface area (Å²) < 4.78 is 5.49. The Morgan fingerprint density at radius 3 is 2.77 bits per heavy atom. The molecule has 0 spiro atoms. The second-order valence-electron chi connectivity index (χ2n) is 4.97. The van der Waals surface area contributed by atoms with Crippen LogP contribution in [-0.2, 0) is 4.74 Å². The van der Waals surface area contributed by atoms with E-state index in [-0.39, 0.29) is 11.6 Å². The minimum absolute atomic E-state index is 0.149. The molecule has 0 saturated carbocycles. The second-order valence-corrected chi connectivity index (χ2v) is 4.97. The summed E-state index contributed by atoms with van der Waals surface area (Å²) in [7, 11) is 0. The third kappa shape index (κ3) is 3.21. The van der Waals surface area contributed by atoms with Gasteiger partial charge in [0, 0.05) is 24.9 Å². The van der Waals surface area contributed by atoms with Crippen LogP contribution in [0.5, 0.6) is 0 Å². The average molecular weight is 304 g/mol. The van der Waals surface area contributed by atoms with E-state index < -0.39 is 12.2 Å². The van der Waals surface area contributed by atoms with E-state index >= 15 is 0 Å². The highest BCUT2D eigenvalue weighted by atomic mass is 16.5. The number of carbonyl (C=O) groups excluding carboxylic acids is 1. The molecule has 1 aliphatic heterocycles. The van der Waals surface area contributed by atoms with E-state index in [4.69, 9.17) is 9.84 Å². The van der Waals surface area contributed by atoms with Crippen LogP contribution in [0.4, 0.5) is 4.79 Å². The van der Waals surface area contributed by atoms with Gasteiger partial charge < -0.3 is 14.7 Å². The molecule has 0 aliphatic carbocycles. The first-order valence-corrected chi connectivity index (χ1v) is 7.31. The van der Waals surface area contributed by atoms with Crippen molar-refractivity contribution >= 4 is 12.0 Å². The van der Waals surface area contributed by atoms with Gasteiger partial charge in [-0.05, 0) is 25.5 Å². The number of aromatic carboxylic acids is 1. The van der Waals surface area contributed by atoms with Crippen LogP contribution in [0.3, 0.4) is 0 Å². The van der Waals surface area contributed by atoms with E-state index in [1.165, 1.54) is 23.3 Å². The quantitative estimate of drug-likeness (QED) is 0.907. The molecule has 0 saturated heterocycles. The summed E-state index contributed by atoms with van der Waals surface area (Å²) in [5, 5.41) is 9.08. The van der Waals surface area contributed by atoms with E-state index in [9.17, 15) is 9.59 Å². The van der Waals surface area contributed by atoms with Crippen molar-refractivity contribution in [2.75, 3.05) is 13.1 Å². The van der Waals surface area contributed by atoms with Gasteiger partial charge >= 0.3 is 12.0 Å². The molecule has 0 bridgehead atoms. The van der Waals surface area contributed by atoms with Crippen LogP contribution in [-0.4, -0.2) is 40.0 Å². The summed E-state index contributed by atoms with van der Waals surface area (Å²) in [4.78, 5) is 26.9. The minimum atomic E-state index is -1.01. The van der Waals surface area contributed by atoms with Crippen molar-refractivity contribution in [2.45, 2.75) is 26.5 Å². The fourth-order valence-corrected chi connectivity index (χ4v) is 2.37. The molecule has 1 heterocycles. The third-order valence-electron chi connectivity index (χ3n) is 3.47. The number of hydrogen-bond donors (Lipinski definition) is 1. The third-order valence-corrected chi connectivity index (χ3v) is 3.47. The lowest BCUT2D eigenvalue weighted by molar-refractivity contribution is 0.0609. The van der Waals surface area contributed by atoms with Crippen molar-refractivity contribution in [1.29, 1.82) is 0 Å². The summed E-state index contributed by atoms with van der Waals surface area (Å²) in [6, 6.07) is 6.28. The van der Waals surface area contributed by atoms with Crippen LogP contribution in [0.15, 0.2) is 36.7 Å². The highest BCUT2D eigenvalue weighted by Crippen LogP contribution is 2.29. The number of rotatable bonds is 5. The fraction of sp³-hybridized carbons (Fsp3) is 0.375. The molecule has 0 fully saturated rings. The van der Waals surface area contributed by atoms with Crippen molar-refractivity contribution in [3.05, 3.63) is 47.9 Å². The van der Waals surface area contributed by atoms with Gasteiger partial charge in [-0.15, -0.1) is 0 Å². The maximum atomic E-state index is 12.6. The summed E-state index contributed by atoms with van der Waals surface area (Å²) in [5.41, 5.74) is 0.798.